The summed E-state index contributed by atoms with van der Waals surface area (Å²) < 4.78 is 0. The maximum Gasteiger partial charge on any atom is 0.225 e. The van der Waals surface area contributed by atoms with Gasteiger partial charge in [0, 0.05) is 30.9 Å². The van der Waals surface area contributed by atoms with Crippen molar-refractivity contribution in [1.29, 1.82) is 0 Å². The first-order valence-corrected chi connectivity index (χ1v) is 6.97. The Bertz CT molecular complexity index is 427. The van der Waals surface area contributed by atoms with E-state index in [1.165, 1.54) is 5.69 Å². The van der Waals surface area contributed by atoms with Gasteiger partial charge in [-0.2, -0.15) is 0 Å². The number of thiocarbonyl (C=S) groups is 1. The number of nitrogens with one attached hydrogen (secondary N) is 2. The summed E-state index contributed by atoms with van der Waals surface area (Å²) in [5.41, 5.74) is 2.05. The van der Waals surface area contributed by atoms with Crippen molar-refractivity contribution in [2.45, 2.75) is 27.2 Å². The number of amides is 1. The summed E-state index contributed by atoms with van der Waals surface area (Å²) in [6.07, 6.45) is 0.419. The lowest BCUT2D eigenvalue weighted by Crippen LogP contribution is -2.33. The summed E-state index contributed by atoms with van der Waals surface area (Å²) in [6, 6.07) is 8.00. The third-order valence-corrected chi connectivity index (χ3v) is 3.03. The molecule has 1 amide bonds. The Balaban J connectivity index is 2.61. The van der Waals surface area contributed by atoms with E-state index in [0.717, 1.165) is 18.8 Å². The Morgan fingerprint density at radius 2 is 1.74 bits per heavy atom. The Hall–Kier alpha value is -1.62. The van der Waals surface area contributed by atoms with Crippen molar-refractivity contribution < 1.29 is 4.79 Å². The van der Waals surface area contributed by atoms with Gasteiger partial charge >= 0.3 is 0 Å². The van der Waals surface area contributed by atoms with E-state index >= 15 is 0 Å². The fraction of sp³-hybridized carbons (Fsp3) is 0.429. The van der Waals surface area contributed by atoms with Gasteiger partial charge in [-0.25, -0.2) is 0 Å². The molecule has 0 aliphatic heterocycles. The van der Waals surface area contributed by atoms with Crippen LogP contribution in [0.15, 0.2) is 24.3 Å². The zero-order valence-electron chi connectivity index (χ0n) is 11.7. The smallest absolute Gasteiger partial charge is 0.225 e. The van der Waals surface area contributed by atoms with E-state index in [1.54, 1.807) is 6.92 Å². The van der Waals surface area contributed by atoms with Crippen molar-refractivity contribution in [1.82, 2.24) is 5.32 Å². The lowest BCUT2D eigenvalue weighted by atomic mass is 10.2. The molecule has 0 aliphatic rings. The number of carbonyl (C=O) groups excluding carboxylic acids is 1. The molecule has 104 valence electrons. The Morgan fingerprint density at radius 3 is 2.21 bits per heavy atom. The van der Waals surface area contributed by atoms with Gasteiger partial charge in [0.15, 0.2) is 5.11 Å². The fourth-order valence-corrected chi connectivity index (χ4v) is 1.95. The van der Waals surface area contributed by atoms with E-state index in [4.69, 9.17) is 12.2 Å². The summed E-state index contributed by atoms with van der Waals surface area (Å²) in [4.78, 5) is 13.5. The summed E-state index contributed by atoms with van der Waals surface area (Å²) in [5.74, 6) is -0.0859. The molecule has 1 aromatic rings. The highest BCUT2D eigenvalue weighted by atomic mass is 32.1. The number of benzene rings is 1. The lowest BCUT2D eigenvalue weighted by molar-refractivity contribution is -0.119. The SMILES string of the molecule is CCC(=O)NC(=S)Nc1ccc(N(CC)CC)cc1. The molecule has 0 bridgehead atoms. The highest BCUT2D eigenvalue weighted by molar-refractivity contribution is 7.80. The second-order valence-electron chi connectivity index (χ2n) is 4.08. The van der Waals surface area contributed by atoms with Crippen LogP contribution in [-0.2, 0) is 4.79 Å². The monoisotopic (exact) mass is 279 g/mol. The molecular weight excluding hydrogens is 258 g/mol. The molecule has 0 saturated carbocycles. The number of hydrogen-bond acceptors (Lipinski definition) is 3. The van der Waals surface area contributed by atoms with Crippen LogP contribution in [0.3, 0.4) is 0 Å². The van der Waals surface area contributed by atoms with Gasteiger partial charge in [-0.05, 0) is 50.3 Å². The first kappa shape index (κ1) is 15.4. The van der Waals surface area contributed by atoms with E-state index in [9.17, 15) is 4.79 Å². The maximum absolute atomic E-state index is 11.2. The number of rotatable bonds is 5. The van der Waals surface area contributed by atoms with Gasteiger partial charge in [0.05, 0.1) is 0 Å². The van der Waals surface area contributed by atoms with Crippen LogP contribution in [0.5, 0.6) is 0 Å². The van der Waals surface area contributed by atoms with Crippen LogP contribution in [0, 0.1) is 0 Å². The average Bonchev–Trinajstić information content (AvgIpc) is 2.41. The molecule has 0 aliphatic carbocycles. The van der Waals surface area contributed by atoms with Crippen molar-refractivity contribution in [2.75, 3.05) is 23.3 Å². The van der Waals surface area contributed by atoms with Crippen LogP contribution in [0.25, 0.3) is 0 Å². The van der Waals surface area contributed by atoms with Gasteiger partial charge in [0.2, 0.25) is 5.91 Å². The van der Waals surface area contributed by atoms with Crippen LogP contribution >= 0.6 is 12.2 Å². The lowest BCUT2D eigenvalue weighted by Gasteiger charge is -2.21. The third-order valence-electron chi connectivity index (χ3n) is 2.83. The molecule has 4 nitrogen and oxygen atoms in total. The van der Waals surface area contributed by atoms with E-state index in [-0.39, 0.29) is 5.91 Å². The van der Waals surface area contributed by atoms with Gasteiger partial charge in [-0.3, -0.25) is 4.79 Å². The minimum absolute atomic E-state index is 0.0859. The summed E-state index contributed by atoms with van der Waals surface area (Å²) >= 11 is 5.06. The maximum atomic E-state index is 11.2. The third kappa shape index (κ3) is 4.87. The van der Waals surface area contributed by atoms with Crippen LogP contribution in [0.4, 0.5) is 11.4 Å². The van der Waals surface area contributed by atoms with Crippen LogP contribution in [0.1, 0.15) is 27.2 Å². The molecule has 0 spiro atoms. The summed E-state index contributed by atoms with van der Waals surface area (Å²) in [6.45, 7) is 8.01. The van der Waals surface area contributed by atoms with Gasteiger partial charge in [0.25, 0.3) is 0 Å². The Labute approximate surface area is 120 Å². The average molecular weight is 279 g/mol. The number of anilines is 2. The van der Waals surface area contributed by atoms with Gasteiger partial charge < -0.3 is 15.5 Å². The molecule has 0 saturated heterocycles. The topological polar surface area (TPSA) is 44.4 Å². The van der Waals surface area contributed by atoms with Crippen LogP contribution < -0.4 is 15.5 Å². The molecule has 0 aromatic heterocycles. The largest absolute Gasteiger partial charge is 0.372 e. The van der Waals surface area contributed by atoms with Crippen molar-refractivity contribution >= 4 is 34.6 Å². The molecule has 0 radical (unpaired) electrons. The van der Waals surface area contributed by atoms with Crippen molar-refractivity contribution in [3.8, 4) is 0 Å². The van der Waals surface area contributed by atoms with E-state index in [1.807, 2.05) is 24.3 Å². The fourth-order valence-electron chi connectivity index (χ4n) is 1.72. The zero-order valence-corrected chi connectivity index (χ0v) is 12.5. The second-order valence-corrected chi connectivity index (χ2v) is 4.48. The number of nitrogens with zero attached hydrogens (tertiary/aromatic N) is 1. The summed E-state index contributed by atoms with van der Waals surface area (Å²) in [7, 11) is 0. The predicted molar refractivity (Wildman–Crippen MR) is 84.7 cm³/mol. The quantitative estimate of drug-likeness (QED) is 0.814. The van der Waals surface area contributed by atoms with Crippen molar-refractivity contribution in [2.24, 2.45) is 0 Å². The number of carbonyl (C=O) groups is 1. The van der Waals surface area contributed by atoms with E-state index < -0.39 is 0 Å². The van der Waals surface area contributed by atoms with Crippen LogP contribution in [-0.4, -0.2) is 24.1 Å². The minimum Gasteiger partial charge on any atom is -0.372 e. The van der Waals surface area contributed by atoms with Crippen LogP contribution in [0.2, 0.25) is 0 Å². The Kier molecular flexibility index (Phi) is 6.29. The molecular formula is C14H21N3OS. The van der Waals surface area contributed by atoms with E-state index in [2.05, 4.69) is 29.4 Å². The molecule has 19 heavy (non-hydrogen) atoms. The highest BCUT2D eigenvalue weighted by Crippen LogP contribution is 2.17. The van der Waals surface area contributed by atoms with Crippen molar-refractivity contribution in [3.63, 3.8) is 0 Å². The normalized spacial score (nSPS) is 9.84. The Morgan fingerprint density at radius 1 is 1.16 bits per heavy atom. The van der Waals surface area contributed by atoms with Gasteiger partial charge in [-0.1, -0.05) is 6.92 Å². The van der Waals surface area contributed by atoms with Crippen molar-refractivity contribution in [3.05, 3.63) is 24.3 Å². The van der Waals surface area contributed by atoms with E-state index in [0.29, 0.717) is 11.5 Å². The first-order chi connectivity index (χ1) is 9.10. The molecule has 2 N–H and O–H groups in total. The highest BCUT2D eigenvalue weighted by Gasteiger charge is 2.04. The molecule has 0 heterocycles. The summed E-state index contributed by atoms with van der Waals surface area (Å²) in [5, 5.41) is 5.93. The minimum atomic E-state index is -0.0859. The number of hydrogen-bond donors (Lipinski definition) is 2. The second kappa shape index (κ2) is 7.74. The molecule has 1 rings (SSSR count). The molecule has 0 unspecified atom stereocenters. The molecule has 0 fully saturated rings. The zero-order chi connectivity index (χ0) is 14.3. The van der Waals surface area contributed by atoms with Gasteiger partial charge in [-0.15, -0.1) is 0 Å². The predicted octanol–water partition coefficient (Wildman–Crippen LogP) is 2.76. The van der Waals surface area contributed by atoms with Gasteiger partial charge in [0.1, 0.15) is 0 Å². The molecule has 0 atom stereocenters. The molecule has 1 aromatic carbocycles. The standard InChI is InChI=1S/C14H21N3OS/c1-4-13(18)16-14(19)15-11-7-9-12(10-8-11)17(5-2)6-3/h7-10H,4-6H2,1-3H3,(H2,15,16,18,19). The first-order valence-electron chi connectivity index (χ1n) is 6.56. The molecule has 5 heteroatoms.